The van der Waals surface area contributed by atoms with Gasteiger partial charge in [0, 0.05) is 24.4 Å². The van der Waals surface area contributed by atoms with E-state index in [1.165, 1.54) is 23.7 Å². The molecule has 98 valence electrons. The highest BCUT2D eigenvalue weighted by atomic mass is 32.1. The predicted octanol–water partition coefficient (Wildman–Crippen LogP) is 2.04. The van der Waals surface area contributed by atoms with E-state index in [0.29, 0.717) is 11.5 Å². The molecule has 19 heavy (non-hydrogen) atoms. The summed E-state index contributed by atoms with van der Waals surface area (Å²) in [5.74, 6) is 0.139. The molecule has 1 fully saturated rings. The number of nitrogens with one attached hydrogen (secondary N) is 1. The van der Waals surface area contributed by atoms with Crippen molar-refractivity contribution in [3.05, 3.63) is 34.7 Å². The summed E-state index contributed by atoms with van der Waals surface area (Å²) >= 11 is 1.45. The quantitative estimate of drug-likeness (QED) is 0.928. The third-order valence-electron chi connectivity index (χ3n) is 2.76. The van der Waals surface area contributed by atoms with Gasteiger partial charge >= 0.3 is 0 Å². The molecule has 1 aliphatic heterocycles. The summed E-state index contributed by atoms with van der Waals surface area (Å²) in [6.07, 6.45) is 6.63. The summed E-state index contributed by atoms with van der Waals surface area (Å²) in [6, 6.07) is 0. The van der Waals surface area contributed by atoms with E-state index in [-0.39, 0.29) is 12.0 Å². The van der Waals surface area contributed by atoms with Gasteiger partial charge in [0.15, 0.2) is 5.82 Å². The fourth-order valence-corrected chi connectivity index (χ4v) is 2.74. The van der Waals surface area contributed by atoms with Gasteiger partial charge in [0.2, 0.25) is 0 Å². The number of nitrogens with zero attached hydrogens (tertiary/aromatic N) is 3. The first-order valence-corrected chi connectivity index (χ1v) is 6.85. The van der Waals surface area contributed by atoms with Crippen LogP contribution in [0.2, 0.25) is 0 Å². The second-order valence-electron chi connectivity index (χ2n) is 4.12. The minimum Gasteiger partial charge on any atom is -0.371 e. The molecule has 6 nitrogen and oxygen atoms in total. The van der Waals surface area contributed by atoms with Crippen molar-refractivity contribution in [2.45, 2.75) is 18.9 Å². The Labute approximate surface area is 113 Å². The molecule has 1 amide bonds. The van der Waals surface area contributed by atoms with E-state index in [1.807, 2.05) is 0 Å². The SMILES string of the molecule is O=C(Nc1cnccn1)c1csc(C2CCCO2)n1. The molecule has 2 aromatic heterocycles. The highest BCUT2D eigenvalue weighted by Crippen LogP contribution is 2.30. The summed E-state index contributed by atoms with van der Waals surface area (Å²) in [5.41, 5.74) is 0.390. The Hall–Kier alpha value is -1.86. The van der Waals surface area contributed by atoms with E-state index < -0.39 is 0 Å². The predicted molar refractivity (Wildman–Crippen MR) is 70.0 cm³/mol. The maximum Gasteiger partial charge on any atom is 0.276 e. The van der Waals surface area contributed by atoms with Crippen LogP contribution in [-0.2, 0) is 4.74 Å². The van der Waals surface area contributed by atoms with Crippen molar-refractivity contribution in [2.75, 3.05) is 11.9 Å². The molecule has 1 aliphatic rings. The highest BCUT2D eigenvalue weighted by molar-refractivity contribution is 7.09. The van der Waals surface area contributed by atoms with Crippen molar-refractivity contribution in [1.29, 1.82) is 0 Å². The fourth-order valence-electron chi connectivity index (χ4n) is 1.86. The first kappa shape index (κ1) is 12.2. The molecule has 0 aromatic carbocycles. The van der Waals surface area contributed by atoms with Gasteiger partial charge in [0.25, 0.3) is 5.91 Å². The maximum atomic E-state index is 12.0. The number of thiazole rings is 1. The van der Waals surface area contributed by atoms with E-state index in [9.17, 15) is 4.79 Å². The summed E-state index contributed by atoms with van der Waals surface area (Å²) in [7, 11) is 0. The van der Waals surface area contributed by atoms with Crippen molar-refractivity contribution >= 4 is 23.1 Å². The first-order chi connectivity index (χ1) is 9.33. The number of hydrogen-bond donors (Lipinski definition) is 1. The molecular weight excluding hydrogens is 264 g/mol. The van der Waals surface area contributed by atoms with Gasteiger partial charge in [-0.05, 0) is 12.8 Å². The highest BCUT2D eigenvalue weighted by Gasteiger charge is 2.22. The van der Waals surface area contributed by atoms with E-state index in [0.717, 1.165) is 24.5 Å². The molecule has 1 unspecified atom stereocenters. The van der Waals surface area contributed by atoms with Crippen molar-refractivity contribution in [3.63, 3.8) is 0 Å². The van der Waals surface area contributed by atoms with Crippen molar-refractivity contribution in [2.24, 2.45) is 0 Å². The van der Waals surface area contributed by atoms with Crippen LogP contribution in [0.15, 0.2) is 24.0 Å². The van der Waals surface area contributed by atoms with Crippen molar-refractivity contribution in [3.8, 4) is 0 Å². The minimum absolute atomic E-state index is 0.0445. The molecule has 7 heteroatoms. The molecular formula is C12H12N4O2S. The molecule has 3 rings (SSSR count). The lowest BCUT2D eigenvalue weighted by Crippen LogP contribution is -2.13. The Kier molecular flexibility index (Phi) is 3.47. The standard InChI is InChI=1S/C12H12N4O2S/c17-11(16-10-6-13-3-4-14-10)8-7-19-12(15-8)9-2-1-5-18-9/h3-4,6-7,9H,1-2,5H2,(H,14,16,17). The van der Waals surface area contributed by atoms with Crippen molar-refractivity contribution in [1.82, 2.24) is 15.0 Å². The monoisotopic (exact) mass is 276 g/mol. The van der Waals surface area contributed by atoms with E-state index in [1.54, 1.807) is 11.6 Å². The number of aromatic nitrogens is 3. The zero-order chi connectivity index (χ0) is 13.1. The van der Waals surface area contributed by atoms with Crippen LogP contribution in [-0.4, -0.2) is 27.5 Å². The average molecular weight is 276 g/mol. The fraction of sp³-hybridized carbons (Fsp3) is 0.333. The molecule has 0 spiro atoms. The number of ether oxygens (including phenoxy) is 1. The molecule has 0 saturated carbocycles. The Morgan fingerprint density at radius 3 is 3.16 bits per heavy atom. The maximum absolute atomic E-state index is 12.0. The minimum atomic E-state index is -0.277. The number of anilines is 1. The lowest BCUT2D eigenvalue weighted by Gasteiger charge is -2.03. The molecule has 0 radical (unpaired) electrons. The molecule has 3 heterocycles. The molecule has 0 aliphatic carbocycles. The number of amides is 1. The largest absolute Gasteiger partial charge is 0.371 e. The average Bonchev–Trinajstić information content (AvgIpc) is 3.11. The van der Waals surface area contributed by atoms with Crippen LogP contribution < -0.4 is 5.32 Å². The van der Waals surface area contributed by atoms with Gasteiger partial charge in [0.1, 0.15) is 16.8 Å². The van der Waals surface area contributed by atoms with Gasteiger partial charge in [-0.2, -0.15) is 0 Å². The van der Waals surface area contributed by atoms with E-state index in [4.69, 9.17) is 4.74 Å². The number of carbonyl (C=O) groups excluding carboxylic acids is 1. The summed E-state index contributed by atoms with van der Waals surface area (Å²) in [5, 5.41) is 5.25. The molecule has 1 atom stereocenters. The topological polar surface area (TPSA) is 77.0 Å². The van der Waals surface area contributed by atoms with Crippen LogP contribution in [0.25, 0.3) is 0 Å². The Morgan fingerprint density at radius 2 is 2.42 bits per heavy atom. The molecule has 1 N–H and O–H groups in total. The van der Waals surface area contributed by atoms with Crippen LogP contribution in [0.5, 0.6) is 0 Å². The summed E-state index contributed by atoms with van der Waals surface area (Å²) in [4.78, 5) is 24.2. The summed E-state index contributed by atoms with van der Waals surface area (Å²) < 4.78 is 5.54. The normalized spacial score (nSPS) is 18.4. The number of rotatable bonds is 3. The van der Waals surface area contributed by atoms with Crippen LogP contribution in [0.4, 0.5) is 5.82 Å². The Bertz CT molecular complexity index is 566. The van der Waals surface area contributed by atoms with E-state index >= 15 is 0 Å². The van der Waals surface area contributed by atoms with Gasteiger partial charge in [-0.25, -0.2) is 9.97 Å². The zero-order valence-corrected chi connectivity index (χ0v) is 10.9. The van der Waals surface area contributed by atoms with Gasteiger partial charge in [-0.15, -0.1) is 11.3 Å². The third kappa shape index (κ3) is 2.77. The van der Waals surface area contributed by atoms with Gasteiger partial charge in [0.05, 0.1) is 6.20 Å². The molecule has 0 bridgehead atoms. The second kappa shape index (κ2) is 5.41. The lowest BCUT2D eigenvalue weighted by molar-refractivity contribution is 0.101. The lowest BCUT2D eigenvalue weighted by atomic mass is 10.2. The van der Waals surface area contributed by atoms with Crippen LogP contribution in [0, 0.1) is 0 Å². The summed E-state index contributed by atoms with van der Waals surface area (Å²) in [6.45, 7) is 0.769. The van der Waals surface area contributed by atoms with Gasteiger partial charge in [-0.3, -0.25) is 9.78 Å². The zero-order valence-electron chi connectivity index (χ0n) is 10.1. The van der Waals surface area contributed by atoms with Crippen LogP contribution in [0.1, 0.15) is 34.4 Å². The van der Waals surface area contributed by atoms with Gasteiger partial charge in [-0.1, -0.05) is 0 Å². The molecule has 2 aromatic rings. The second-order valence-corrected chi connectivity index (χ2v) is 5.01. The Balaban J connectivity index is 1.70. The number of carbonyl (C=O) groups is 1. The third-order valence-corrected chi connectivity index (χ3v) is 3.70. The van der Waals surface area contributed by atoms with Crippen LogP contribution in [0.3, 0.4) is 0 Å². The Morgan fingerprint density at radius 1 is 1.47 bits per heavy atom. The molecule has 1 saturated heterocycles. The van der Waals surface area contributed by atoms with Crippen molar-refractivity contribution < 1.29 is 9.53 Å². The van der Waals surface area contributed by atoms with E-state index in [2.05, 4.69) is 20.3 Å². The smallest absolute Gasteiger partial charge is 0.276 e. The number of hydrogen-bond acceptors (Lipinski definition) is 6. The van der Waals surface area contributed by atoms with Gasteiger partial charge < -0.3 is 10.1 Å². The first-order valence-electron chi connectivity index (χ1n) is 5.97. The van der Waals surface area contributed by atoms with Crippen LogP contribution >= 0.6 is 11.3 Å².